The van der Waals surface area contributed by atoms with Gasteiger partial charge in [-0.15, -0.1) is 0 Å². The number of carbonyl (C=O) groups excluding carboxylic acids is 1. The van der Waals surface area contributed by atoms with Crippen LogP contribution in [0, 0.1) is 5.92 Å². The normalized spacial score (nSPS) is 20.3. The van der Waals surface area contributed by atoms with Gasteiger partial charge >= 0.3 is 6.03 Å². The van der Waals surface area contributed by atoms with Crippen LogP contribution in [-0.4, -0.2) is 41.5 Å². The summed E-state index contributed by atoms with van der Waals surface area (Å²) in [6.07, 6.45) is 5.98. The average molecular weight is 254 g/mol. The summed E-state index contributed by atoms with van der Waals surface area (Å²) in [5, 5.41) is 0. The molecule has 1 rings (SSSR count). The highest BCUT2D eigenvalue weighted by Crippen LogP contribution is 2.18. The van der Waals surface area contributed by atoms with Gasteiger partial charge in [-0.25, -0.2) is 4.79 Å². The Hall–Kier alpha value is -0.730. The van der Waals surface area contributed by atoms with E-state index in [1.807, 2.05) is 4.90 Å². The van der Waals surface area contributed by atoms with E-state index in [1.165, 1.54) is 19.3 Å². The number of amides is 2. The van der Waals surface area contributed by atoms with E-state index in [1.54, 1.807) is 0 Å². The van der Waals surface area contributed by atoms with E-state index in [2.05, 4.69) is 32.6 Å². The first-order chi connectivity index (χ1) is 8.56. The van der Waals surface area contributed by atoms with Crippen LogP contribution in [0.15, 0.2) is 0 Å². The van der Waals surface area contributed by atoms with Crippen molar-refractivity contribution in [2.24, 2.45) is 5.92 Å². The van der Waals surface area contributed by atoms with Gasteiger partial charge in [0.15, 0.2) is 0 Å². The highest BCUT2D eigenvalue weighted by molar-refractivity contribution is 5.74. The number of urea groups is 1. The van der Waals surface area contributed by atoms with E-state index in [0.29, 0.717) is 12.0 Å². The van der Waals surface area contributed by atoms with Crippen LogP contribution in [-0.2, 0) is 0 Å². The molecule has 2 amide bonds. The van der Waals surface area contributed by atoms with Gasteiger partial charge < -0.3 is 9.80 Å². The maximum absolute atomic E-state index is 12.5. The largest absolute Gasteiger partial charge is 0.324 e. The zero-order valence-corrected chi connectivity index (χ0v) is 12.6. The first-order valence-electron chi connectivity index (χ1n) is 7.61. The number of nitrogens with zero attached hydrogens (tertiary/aromatic N) is 2. The van der Waals surface area contributed by atoms with Gasteiger partial charge in [-0.3, -0.25) is 0 Å². The van der Waals surface area contributed by atoms with Crippen LogP contribution in [0.4, 0.5) is 4.79 Å². The highest BCUT2D eigenvalue weighted by Gasteiger charge is 2.26. The molecule has 1 unspecified atom stereocenters. The molecule has 0 aliphatic carbocycles. The summed E-state index contributed by atoms with van der Waals surface area (Å²) in [7, 11) is 0. The quantitative estimate of drug-likeness (QED) is 0.686. The number of likely N-dealkylation sites (tertiary alicyclic amines) is 1. The molecule has 0 spiro atoms. The second-order valence-corrected chi connectivity index (χ2v) is 5.97. The van der Waals surface area contributed by atoms with Gasteiger partial charge in [-0.2, -0.15) is 0 Å². The van der Waals surface area contributed by atoms with E-state index in [0.717, 1.165) is 32.5 Å². The zero-order chi connectivity index (χ0) is 13.5. The van der Waals surface area contributed by atoms with Crippen LogP contribution in [0.25, 0.3) is 0 Å². The average Bonchev–Trinajstić information content (AvgIpc) is 2.33. The number of unbranched alkanes of at least 4 members (excludes halogenated alkanes) is 2. The maximum Gasteiger partial charge on any atom is 0.320 e. The third kappa shape index (κ3) is 4.51. The standard InChI is InChI=1S/C15H30N2O/c1-5-6-7-11-17(13(2)3)15(18)16-10-8-9-14(4)12-16/h13-14H,5-12H2,1-4H3. The summed E-state index contributed by atoms with van der Waals surface area (Å²) < 4.78 is 0. The third-order valence-corrected chi connectivity index (χ3v) is 3.80. The Morgan fingerprint density at radius 1 is 1.39 bits per heavy atom. The Balaban J connectivity index is 2.52. The molecule has 0 bridgehead atoms. The molecule has 3 nitrogen and oxygen atoms in total. The molecule has 1 aliphatic rings. The van der Waals surface area contributed by atoms with Gasteiger partial charge in [-0.1, -0.05) is 26.7 Å². The summed E-state index contributed by atoms with van der Waals surface area (Å²) in [6, 6.07) is 0.569. The van der Waals surface area contributed by atoms with Crippen molar-refractivity contribution < 1.29 is 4.79 Å². The fourth-order valence-corrected chi connectivity index (χ4v) is 2.65. The Kier molecular flexibility index (Phi) is 6.51. The molecule has 1 saturated heterocycles. The van der Waals surface area contributed by atoms with Crippen molar-refractivity contribution in [1.82, 2.24) is 9.80 Å². The van der Waals surface area contributed by atoms with Gasteiger partial charge in [0.2, 0.25) is 0 Å². The minimum Gasteiger partial charge on any atom is -0.324 e. The fourth-order valence-electron chi connectivity index (χ4n) is 2.65. The lowest BCUT2D eigenvalue weighted by atomic mass is 10.0. The molecule has 0 aromatic carbocycles. The SMILES string of the molecule is CCCCCN(C(=O)N1CCCC(C)C1)C(C)C. The minimum absolute atomic E-state index is 0.257. The summed E-state index contributed by atoms with van der Waals surface area (Å²) in [5.41, 5.74) is 0. The summed E-state index contributed by atoms with van der Waals surface area (Å²) in [6.45, 7) is 11.5. The van der Waals surface area contributed by atoms with Crippen LogP contribution in [0.3, 0.4) is 0 Å². The first kappa shape index (κ1) is 15.3. The Bertz CT molecular complexity index is 253. The van der Waals surface area contributed by atoms with Crippen LogP contribution in [0.5, 0.6) is 0 Å². The minimum atomic E-state index is 0.257. The molecule has 1 fully saturated rings. The van der Waals surface area contributed by atoms with Crippen molar-refractivity contribution in [2.75, 3.05) is 19.6 Å². The molecule has 0 N–H and O–H groups in total. The molecular weight excluding hydrogens is 224 g/mol. The number of carbonyl (C=O) groups is 1. The number of piperidine rings is 1. The predicted octanol–water partition coefficient (Wildman–Crippen LogP) is 3.74. The molecule has 106 valence electrons. The highest BCUT2D eigenvalue weighted by atomic mass is 16.2. The van der Waals surface area contributed by atoms with Crippen molar-refractivity contribution in [2.45, 2.75) is 65.8 Å². The van der Waals surface area contributed by atoms with Crippen molar-refractivity contribution >= 4 is 6.03 Å². The second kappa shape index (κ2) is 7.65. The van der Waals surface area contributed by atoms with Crippen molar-refractivity contribution in [3.05, 3.63) is 0 Å². The Labute approximate surface area is 113 Å². The summed E-state index contributed by atoms with van der Waals surface area (Å²) >= 11 is 0. The predicted molar refractivity (Wildman–Crippen MR) is 76.7 cm³/mol. The molecule has 1 aliphatic heterocycles. The van der Waals surface area contributed by atoms with Gasteiger partial charge in [0.1, 0.15) is 0 Å². The maximum atomic E-state index is 12.5. The molecule has 1 atom stereocenters. The van der Waals surface area contributed by atoms with E-state index >= 15 is 0 Å². The Morgan fingerprint density at radius 3 is 2.67 bits per heavy atom. The number of rotatable bonds is 5. The molecular formula is C15H30N2O. The van der Waals surface area contributed by atoms with E-state index in [-0.39, 0.29) is 6.03 Å². The van der Waals surface area contributed by atoms with Crippen LogP contribution < -0.4 is 0 Å². The van der Waals surface area contributed by atoms with Gasteiger partial charge in [0.25, 0.3) is 0 Å². The van der Waals surface area contributed by atoms with Crippen molar-refractivity contribution in [1.29, 1.82) is 0 Å². The molecule has 3 heteroatoms. The van der Waals surface area contributed by atoms with Crippen LogP contribution in [0.1, 0.15) is 59.8 Å². The second-order valence-electron chi connectivity index (χ2n) is 5.97. The monoisotopic (exact) mass is 254 g/mol. The third-order valence-electron chi connectivity index (χ3n) is 3.80. The molecule has 0 saturated carbocycles. The summed E-state index contributed by atoms with van der Waals surface area (Å²) in [4.78, 5) is 16.6. The van der Waals surface area contributed by atoms with Crippen LogP contribution >= 0.6 is 0 Å². The first-order valence-corrected chi connectivity index (χ1v) is 7.61. The van der Waals surface area contributed by atoms with Crippen molar-refractivity contribution in [3.8, 4) is 0 Å². The molecule has 1 heterocycles. The lowest BCUT2D eigenvalue weighted by Gasteiger charge is -2.37. The van der Waals surface area contributed by atoms with Gasteiger partial charge in [0, 0.05) is 25.7 Å². The van der Waals surface area contributed by atoms with Crippen molar-refractivity contribution in [3.63, 3.8) is 0 Å². The molecule has 0 aromatic rings. The smallest absolute Gasteiger partial charge is 0.320 e. The lowest BCUT2D eigenvalue weighted by Crippen LogP contribution is -2.49. The lowest BCUT2D eigenvalue weighted by molar-refractivity contribution is 0.119. The Morgan fingerprint density at radius 2 is 2.11 bits per heavy atom. The zero-order valence-electron chi connectivity index (χ0n) is 12.6. The number of hydrogen-bond acceptors (Lipinski definition) is 1. The molecule has 0 aromatic heterocycles. The van der Waals surface area contributed by atoms with Gasteiger partial charge in [-0.05, 0) is 39.0 Å². The summed E-state index contributed by atoms with van der Waals surface area (Å²) in [5.74, 6) is 0.660. The van der Waals surface area contributed by atoms with E-state index in [9.17, 15) is 4.79 Å². The van der Waals surface area contributed by atoms with E-state index in [4.69, 9.17) is 0 Å². The topological polar surface area (TPSA) is 23.6 Å². The van der Waals surface area contributed by atoms with Crippen LogP contribution in [0.2, 0.25) is 0 Å². The van der Waals surface area contributed by atoms with Gasteiger partial charge in [0.05, 0.1) is 0 Å². The number of hydrogen-bond donors (Lipinski definition) is 0. The van der Waals surface area contributed by atoms with E-state index < -0.39 is 0 Å². The fraction of sp³-hybridized carbons (Fsp3) is 0.933. The molecule has 18 heavy (non-hydrogen) atoms. The molecule has 0 radical (unpaired) electrons.